The molecule has 16 nitrogen and oxygen atoms in total. The second-order valence-corrected chi connectivity index (χ2v) is 40.9. The molecule has 0 aliphatic carbocycles. The molecule has 0 saturated carbocycles. The molecule has 22 heteroatoms. The van der Waals surface area contributed by atoms with E-state index in [1.54, 1.807) is 97.1 Å². The molecule has 0 heterocycles. The van der Waals surface area contributed by atoms with Crippen molar-refractivity contribution in [3.63, 3.8) is 0 Å². The number of unbranched alkanes of at least 4 members (excludes halogenated alkanes) is 40. The Bertz CT molecular complexity index is 3520. The zero-order valence-electron chi connectivity index (χ0n) is 83.8. The summed E-state index contributed by atoms with van der Waals surface area (Å²) in [7, 11) is -18.0. The Morgan fingerprint density at radius 3 is 0.321 bits per heavy atom. The van der Waals surface area contributed by atoms with Crippen LogP contribution in [0.25, 0.3) is 0 Å². The van der Waals surface area contributed by atoms with Crippen LogP contribution in [0.5, 0.6) is 46.0 Å². The van der Waals surface area contributed by atoms with E-state index in [1.807, 2.05) is 97.1 Å². The third-order valence-electron chi connectivity index (χ3n) is 23.7. The van der Waals surface area contributed by atoms with Gasteiger partial charge in [-0.05, 0) is 244 Å². The van der Waals surface area contributed by atoms with Crippen LogP contribution in [0.1, 0.15) is 408 Å². The van der Waals surface area contributed by atoms with Gasteiger partial charge in [0.2, 0.25) is 0 Å². The minimum absolute atomic E-state index is 0. The van der Waals surface area contributed by atoms with Gasteiger partial charge < -0.3 is 55.8 Å². The molecule has 0 amide bonds. The predicted molar refractivity (Wildman–Crippen MR) is 555 cm³/mol. The third-order valence-corrected chi connectivity index (χ3v) is 27.2. The van der Waals surface area contributed by atoms with Crippen LogP contribution in [0, 0.1) is 0 Å². The first-order valence-corrected chi connectivity index (χ1v) is 57.5. The maximum atomic E-state index is 12.3. The van der Waals surface area contributed by atoms with Crippen LogP contribution in [-0.2, 0) is 69.6 Å². The van der Waals surface area contributed by atoms with Gasteiger partial charge in [-0.25, -0.2) is 18.3 Å². The van der Waals surface area contributed by atoms with Crippen LogP contribution in [0.15, 0.2) is 194 Å². The number of hydrogen-bond acceptors (Lipinski definition) is 16. The summed E-state index contributed by atoms with van der Waals surface area (Å²) in [6, 6.07) is 58.0. The fourth-order valence-electron chi connectivity index (χ4n) is 15.7. The van der Waals surface area contributed by atoms with Crippen molar-refractivity contribution in [3.8, 4) is 46.0 Å². The minimum atomic E-state index is -4.49. The van der Waals surface area contributed by atoms with Gasteiger partial charge in [0.1, 0.15) is 46.0 Å². The Balaban J connectivity index is 0.000000458. The molecular weight excluding hydrogens is 1810 g/mol. The van der Waals surface area contributed by atoms with Crippen molar-refractivity contribution in [2.24, 2.45) is 0 Å². The summed E-state index contributed by atoms with van der Waals surface area (Å²) >= 11 is 0. The molecule has 8 rings (SSSR count). The van der Waals surface area contributed by atoms with Gasteiger partial charge in [0.15, 0.2) is 0 Å². The van der Waals surface area contributed by atoms with E-state index >= 15 is 0 Å². The van der Waals surface area contributed by atoms with E-state index in [9.17, 15) is 37.8 Å². The minimum Gasteiger partial charge on any atom is -0.736 e. The zero-order chi connectivity index (χ0) is 95.1. The Morgan fingerprint density at radius 1 is 0.149 bits per heavy atom. The first-order chi connectivity index (χ1) is 64.1. The van der Waals surface area contributed by atoms with Crippen LogP contribution in [-0.4, -0.2) is 75.5 Å². The number of phosphoric acid groups is 4. The van der Waals surface area contributed by atoms with Crippen LogP contribution < -0.4 is 55.8 Å². The van der Waals surface area contributed by atoms with Crippen molar-refractivity contribution >= 4 is 107 Å². The summed E-state index contributed by atoms with van der Waals surface area (Å²) in [5.74, 6) is 2.22. The van der Waals surface area contributed by atoms with Gasteiger partial charge in [-0.3, -0.25) is 0 Å². The van der Waals surface area contributed by atoms with Crippen LogP contribution in [0.2, 0.25) is 0 Å². The molecule has 8 aromatic carbocycles. The quantitative estimate of drug-likeness (QED) is 0.0196. The average molecular weight is 1970 g/mol. The van der Waals surface area contributed by atoms with Gasteiger partial charge in [-0.15, -0.1) is 0 Å². The van der Waals surface area contributed by atoms with Crippen molar-refractivity contribution in [3.05, 3.63) is 239 Å². The second-order valence-electron chi connectivity index (χ2n) is 35.8. The summed E-state index contributed by atoms with van der Waals surface area (Å²) in [6.45, 7) is 17.8. The Kier molecular flexibility index (Phi) is 72.0. The molecule has 0 bridgehead atoms. The van der Waals surface area contributed by atoms with Crippen molar-refractivity contribution in [2.45, 2.75) is 415 Å². The smallest absolute Gasteiger partial charge is 0.736 e. The average Bonchev–Trinajstić information content (AvgIpc) is 0.862. The summed E-state index contributed by atoms with van der Waals surface area (Å²) in [5, 5.41) is 0. The summed E-state index contributed by atoms with van der Waals surface area (Å²) in [4.78, 5) is 49.3. The van der Waals surface area contributed by atoms with Gasteiger partial charge >= 0.3 is 107 Å². The predicted octanol–water partition coefficient (Wildman–Crippen LogP) is 32.9. The first-order valence-electron chi connectivity index (χ1n) is 51.6. The van der Waals surface area contributed by atoms with Crippen molar-refractivity contribution in [2.75, 3.05) is 0 Å². The fraction of sp³-hybridized carbons (Fsp3) is 0.571. The molecule has 8 aromatic rings. The summed E-state index contributed by atoms with van der Waals surface area (Å²) in [6.07, 6.45) is 68.5. The van der Waals surface area contributed by atoms with Gasteiger partial charge in [0.25, 0.3) is 0 Å². The maximum absolute atomic E-state index is 12.3. The fourth-order valence-corrected chi connectivity index (χ4v) is 18.9. The van der Waals surface area contributed by atoms with Crippen molar-refractivity contribution in [1.29, 1.82) is 0 Å². The number of benzene rings is 8. The molecule has 736 valence electrons. The van der Waals surface area contributed by atoms with E-state index in [0.717, 1.165) is 103 Å². The molecule has 0 aliphatic heterocycles. The van der Waals surface area contributed by atoms with Crippen molar-refractivity contribution < 1.29 is 74.0 Å². The van der Waals surface area contributed by atoms with E-state index in [2.05, 4.69) is 55.4 Å². The number of aryl methyl sites for hydroxylation is 8. The Morgan fingerprint density at radius 2 is 0.231 bits per heavy atom. The summed E-state index contributed by atoms with van der Waals surface area (Å²) in [5.41, 5.74) is 9.56. The molecule has 0 atom stereocenters. The monoisotopic (exact) mass is 1970 g/mol. The van der Waals surface area contributed by atoms with Crippen LogP contribution >= 0.6 is 31.3 Å². The van der Waals surface area contributed by atoms with Gasteiger partial charge in [-0.1, -0.05) is 409 Å². The van der Waals surface area contributed by atoms with E-state index in [0.29, 0.717) is 0 Å². The molecule has 0 spiro atoms. The molecule has 0 aliphatic rings. The number of phosphoric ester groups is 4. The van der Waals surface area contributed by atoms with Gasteiger partial charge in [-0.2, -0.15) is 0 Å². The first kappa shape index (κ1) is 124. The molecular formula is C112H168Ca2O16P4. The molecule has 0 N–H and O–H groups in total. The molecule has 0 fully saturated rings. The number of hydrogen-bond donors (Lipinski definition) is 0. The number of rotatable bonds is 72. The largest absolute Gasteiger partial charge is 2.00 e. The SMILES string of the molecule is CCCCCCCCc1ccc(OP(=O)([O-])Oc2ccc(CCCCCCCC)cc2)cc1.CCCCCCCCc1ccc(OP(=O)([O-])Oc2ccc(CCCCCCCC)cc2)cc1.CCCCCCCCc1ccc(OP(=O)([O-])Oc2ccc(CCCCCCCC)cc2)cc1.CCCCCCCCc1ccc(OP(=O)([O-])Oc2ccc(CCCCCCCC)cc2)cc1.[Ca+2].[Ca+2]. The second kappa shape index (κ2) is 78.1. The van der Waals surface area contributed by atoms with E-state index < -0.39 is 31.3 Å². The van der Waals surface area contributed by atoms with E-state index in [-0.39, 0.29) is 121 Å². The standard InChI is InChI=1S/4C28H43O4P.2Ca/c4*1-3-5-7-9-11-13-15-25-17-21-27(22-18-25)31-33(29,30)32-28-23-19-26(20-24-28)16-14-12-10-8-6-4-2;;/h4*17-24H,3-16H2,1-2H3,(H,29,30);;/q;;;;2*+2/p-4. The maximum Gasteiger partial charge on any atom is 2.00 e. The molecule has 0 radical (unpaired) electrons. The molecule has 0 unspecified atom stereocenters. The topological polar surface area (TPSA) is 234 Å². The summed E-state index contributed by atoms with van der Waals surface area (Å²) < 4.78 is 90.5. The van der Waals surface area contributed by atoms with E-state index in [4.69, 9.17) is 36.2 Å². The third kappa shape index (κ3) is 63.3. The van der Waals surface area contributed by atoms with Crippen LogP contribution in [0.4, 0.5) is 0 Å². The van der Waals surface area contributed by atoms with Gasteiger partial charge in [0, 0.05) is 0 Å². The zero-order valence-corrected chi connectivity index (χ0v) is 91.8. The molecule has 0 aromatic heterocycles. The molecule has 134 heavy (non-hydrogen) atoms. The van der Waals surface area contributed by atoms with E-state index in [1.165, 1.54) is 301 Å². The Labute approximate surface area is 872 Å². The Hall–Kier alpha value is -4.56. The van der Waals surface area contributed by atoms with Gasteiger partial charge in [0.05, 0.1) is 0 Å². The normalized spacial score (nSPS) is 11.3. The molecule has 0 saturated heterocycles. The van der Waals surface area contributed by atoms with Crippen molar-refractivity contribution in [1.82, 2.24) is 0 Å². The van der Waals surface area contributed by atoms with Crippen LogP contribution in [0.3, 0.4) is 0 Å².